The molecule has 1 aliphatic rings. The van der Waals surface area contributed by atoms with Crippen molar-refractivity contribution in [3.63, 3.8) is 0 Å². The normalized spacial score (nSPS) is 23.2. The molecule has 0 spiro atoms. The Bertz CT molecular complexity index is 229. The van der Waals surface area contributed by atoms with Crippen molar-refractivity contribution in [3.05, 3.63) is 18.0 Å². The van der Waals surface area contributed by atoms with Gasteiger partial charge in [0.25, 0.3) is 0 Å². The minimum Gasteiger partial charge on any atom is -0.359 e. The molecule has 13 heavy (non-hydrogen) atoms. The predicted molar refractivity (Wildman–Crippen MR) is 44.9 cm³/mol. The van der Waals surface area contributed by atoms with Crippen molar-refractivity contribution in [1.82, 2.24) is 5.16 Å². The van der Waals surface area contributed by atoms with Crippen LogP contribution in [0.15, 0.2) is 16.8 Å². The van der Waals surface area contributed by atoms with Crippen molar-refractivity contribution in [2.75, 3.05) is 6.61 Å². The van der Waals surface area contributed by atoms with Crippen molar-refractivity contribution in [2.45, 2.75) is 32.2 Å². The Morgan fingerprint density at radius 3 is 3.23 bits per heavy atom. The molecule has 2 rings (SSSR count). The van der Waals surface area contributed by atoms with E-state index in [1.165, 1.54) is 6.42 Å². The van der Waals surface area contributed by atoms with Gasteiger partial charge in [-0.2, -0.15) is 0 Å². The van der Waals surface area contributed by atoms with E-state index in [0.717, 1.165) is 25.2 Å². The van der Waals surface area contributed by atoms with Gasteiger partial charge in [-0.15, -0.1) is 0 Å². The molecule has 4 nitrogen and oxygen atoms in total. The highest BCUT2D eigenvalue weighted by atomic mass is 16.7. The van der Waals surface area contributed by atoms with Gasteiger partial charge >= 0.3 is 0 Å². The number of ether oxygens (including phenoxy) is 2. The average Bonchev–Trinajstić information content (AvgIpc) is 2.69. The molecule has 1 aromatic heterocycles. The molecule has 0 aliphatic carbocycles. The van der Waals surface area contributed by atoms with E-state index in [9.17, 15) is 0 Å². The highest BCUT2D eigenvalue weighted by Crippen LogP contribution is 2.15. The van der Waals surface area contributed by atoms with Crippen LogP contribution in [0.5, 0.6) is 0 Å². The topological polar surface area (TPSA) is 44.5 Å². The van der Waals surface area contributed by atoms with Gasteiger partial charge in [0.1, 0.15) is 6.61 Å². The van der Waals surface area contributed by atoms with Crippen molar-refractivity contribution < 1.29 is 14.0 Å². The van der Waals surface area contributed by atoms with Gasteiger partial charge in [-0.25, -0.2) is 0 Å². The molecule has 72 valence electrons. The zero-order chi connectivity index (χ0) is 8.93. The molecule has 1 unspecified atom stereocenters. The van der Waals surface area contributed by atoms with Crippen molar-refractivity contribution in [3.8, 4) is 0 Å². The maximum Gasteiger partial charge on any atom is 0.162 e. The lowest BCUT2D eigenvalue weighted by atomic mass is 10.2. The zero-order valence-corrected chi connectivity index (χ0v) is 7.44. The van der Waals surface area contributed by atoms with Crippen LogP contribution < -0.4 is 0 Å². The minimum absolute atomic E-state index is 0.0566. The lowest BCUT2D eigenvalue weighted by Crippen LogP contribution is -2.21. The summed E-state index contributed by atoms with van der Waals surface area (Å²) in [5, 5.41) is 3.59. The Hall–Kier alpha value is -0.870. The SMILES string of the molecule is c1cc(COC2CCCCO2)on1. The van der Waals surface area contributed by atoms with E-state index in [2.05, 4.69) is 5.16 Å². The molecular formula is C9H13NO3. The third-order valence-corrected chi connectivity index (χ3v) is 2.04. The summed E-state index contributed by atoms with van der Waals surface area (Å²) >= 11 is 0. The van der Waals surface area contributed by atoms with Gasteiger partial charge < -0.3 is 14.0 Å². The Balaban J connectivity index is 1.72. The van der Waals surface area contributed by atoms with Crippen molar-refractivity contribution in [2.24, 2.45) is 0 Å². The van der Waals surface area contributed by atoms with Crippen molar-refractivity contribution >= 4 is 0 Å². The number of rotatable bonds is 3. The molecule has 0 aromatic carbocycles. The molecule has 1 fully saturated rings. The lowest BCUT2D eigenvalue weighted by Gasteiger charge is -2.21. The second-order valence-corrected chi connectivity index (χ2v) is 3.09. The molecule has 0 bridgehead atoms. The number of aromatic nitrogens is 1. The first kappa shape index (κ1) is 8.72. The molecule has 0 radical (unpaired) electrons. The van der Waals surface area contributed by atoms with Crippen LogP contribution in [0, 0.1) is 0 Å². The molecular weight excluding hydrogens is 170 g/mol. The van der Waals surface area contributed by atoms with E-state index in [-0.39, 0.29) is 6.29 Å². The maximum atomic E-state index is 5.47. The maximum absolute atomic E-state index is 5.47. The lowest BCUT2D eigenvalue weighted by molar-refractivity contribution is -0.171. The fraction of sp³-hybridized carbons (Fsp3) is 0.667. The smallest absolute Gasteiger partial charge is 0.162 e. The second kappa shape index (κ2) is 4.39. The molecule has 1 saturated heterocycles. The first-order valence-electron chi connectivity index (χ1n) is 4.58. The van der Waals surface area contributed by atoms with Gasteiger partial charge in [0.2, 0.25) is 0 Å². The Morgan fingerprint density at radius 1 is 1.54 bits per heavy atom. The van der Waals surface area contributed by atoms with Gasteiger partial charge in [-0.05, 0) is 19.3 Å². The van der Waals surface area contributed by atoms with Crippen molar-refractivity contribution in [1.29, 1.82) is 0 Å². The first-order chi connectivity index (χ1) is 6.45. The summed E-state index contributed by atoms with van der Waals surface area (Å²) in [6.45, 7) is 1.26. The van der Waals surface area contributed by atoms with E-state index >= 15 is 0 Å². The highest BCUT2D eigenvalue weighted by Gasteiger charge is 2.14. The van der Waals surface area contributed by atoms with Crippen LogP contribution in [0.4, 0.5) is 0 Å². The summed E-state index contributed by atoms with van der Waals surface area (Å²) in [6.07, 6.45) is 4.86. The van der Waals surface area contributed by atoms with Crippen LogP contribution in [0.3, 0.4) is 0 Å². The Kier molecular flexibility index (Phi) is 2.94. The summed E-state index contributed by atoms with van der Waals surface area (Å²) in [6, 6.07) is 1.79. The van der Waals surface area contributed by atoms with Crippen LogP contribution in [-0.4, -0.2) is 18.1 Å². The molecule has 4 heteroatoms. The minimum atomic E-state index is -0.0566. The fourth-order valence-corrected chi connectivity index (χ4v) is 1.33. The zero-order valence-electron chi connectivity index (χ0n) is 7.44. The summed E-state index contributed by atoms with van der Waals surface area (Å²) < 4.78 is 15.8. The van der Waals surface area contributed by atoms with Crippen LogP contribution in [0.25, 0.3) is 0 Å². The Morgan fingerprint density at radius 2 is 2.54 bits per heavy atom. The van der Waals surface area contributed by atoms with E-state index < -0.39 is 0 Å². The first-order valence-corrected chi connectivity index (χ1v) is 4.58. The van der Waals surface area contributed by atoms with E-state index in [1.807, 2.05) is 0 Å². The van der Waals surface area contributed by atoms with Gasteiger partial charge in [-0.1, -0.05) is 5.16 Å². The number of hydrogen-bond donors (Lipinski definition) is 0. The quantitative estimate of drug-likeness (QED) is 0.715. The van der Waals surface area contributed by atoms with Crippen LogP contribution in [0.2, 0.25) is 0 Å². The predicted octanol–water partition coefficient (Wildman–Crippen LogP) is 1.72. The molecule has 0 N–H and O–H groups in total. The van der Waals surface area contributed by atoms with E-state index in [0.29, 0.717) is 6.61 Å². The van der Waals surface area contributed by atoms with Gasteiger partial charge in [0.05, 0.1) is 6.20 Å². The van der Waals surface area contributed by atoms with Crippen LogP contribution >= 0.6 is 0 Å². The molecule has 1 aromatic rings. The standard InChI is InChI=1S/C9H13NO3/c1-2-6-11-9(3-1)12-7-8-4-5-10-13-8/h4-5,9H,1-3,6-7H2. The largest absolute Gasteiger partial charge is 0.359 e. The summed E-state index contributed by atoms with van der Waals surface area (Å²) in [4.78, 5) is 0. The molecule has 0 saturated carbocycles. The van der Waals surface area contributed by atoms with Gasteiger partial charge in [0, 0.05) is 12.7 Å². The number of nitrogens with zero attached hydrogens (tertiary/aromatic N) is 1. The van der Waals surface area contributed by atoms with Crippen LogP contribution in [0.1, 0.15) is 25.0 Å². The fourth-order valence-electron chi connectivity index (χ4n) is 1.33. The van der Waals surface area contributed by atoms with Gasteiger partial charge in [0.15, 0.2) is 12.1 Å². The molecule has 0 amide bonds. The summed E-state index contributed by atoms with van der Waals surface area (Å²) in [7, 11) is 0. The van der Waals surface area contributed by atoms with E-state index in [4.69, 9.17) is 14.0 Å². The number of hydrogen-bond acceptors (Lipinski definition) is 4. The highest BCUT2D eigenvalue weighted by molar-refractivity contribution is 4.90. The molecule has 1 aliphatic heterocycles. The third-order valence-electron chi connectivity index (χ3n) is 2.04. The molecule has 1 atom stereocenters. The van der Waals surface area contributed by atoms with Crippen LogP contribution in [-0.2, 0) is 16.1 Å². The summed E-state index contributed by atoms with van der Waals surface area (Å²) in [5.74, 6) is 0.745. The third kappa shape index (κ3) is 2.54. The second-order valence-electron chi connectivity index (χ2n) is 3.09. The Labute approximate surface area is 76.8 Å². The molecule has 2 heterocycles. The summed E-state index contributed by atoms with van der Waals surface area (Å²) in [5.41, 5.74) is 0. The monoisotopic (exact) mass is 183 g/mol. The average molecular weight is 183 g/mol. The van der Waals surface area contributed by atoms with E-state index in [1.54, 1.807) is 12.3 Å². The van der Waals surface area contributed by atoms with Gasteiger partial charge in [-0.3, -0.25) is 0 Å².